The molecule has 1 atom stereocenters. The molecule has 2 aliphatic heterocycles. The molecule has 5 heteroatoms. The molecule has 0 radical (unpaired) electrons. The normalized spacial score (nSPS) is 22.4. The van der Waals surface area contributed by atoms with Gasteiger partial charge in [0.05, 0.1) is 6.04 Å². The van der Waals surface area contributed by atoms with Gasteiger partial charge in [0.25, 0.3) is 0 Å². The smallest absolute Gasteiger partial charge is 0.239 e. The Bertz CT molecular complexity index is 677. The van der Waals surface area contributed by atoms with Crippen molar-refractivity contribution in [1.29, 1.82) is 0 Å². The van der Waals surface area contributed by atoms with Gasteiger partial charge < -0.3 is 4.90 Å². The number of nitrogens with zero attached hydrogens (tertiary/aromatic N) is 3. The Balaban J connectivity index is 1.35. The van der Waals surface area contributed by atoms with Gasteiger partial charge in [-0.1, -0.05) is 30.3 Å². The lowest BCUT2D eigenvalue weighted by molar-refractivity contribution is -0.137. The average Bonchev–Trinajstić information content (AvgIpc) is 3.34. The van der Waals surface area contributed by atoms with Crippen molar-refractivity contribution >= 4 is 5.91 Å². The lowest BCUT2D eigenvalue weighted by Gasteiger charge is -2.35. The van der Waals surface area contributed by atoms with Crippen molar-refractivity contribution in [1.82, 2.24) is 20.0 Å². The van der Waals surface area contributed by atoms with Gasteiger partial charge >= 0.3 is 0 Å². The number of carbonyl (C=O) groups is 1. The molecule has 1 N–H and O–H groups in total. The number of rotatable bonds is 4. The summed E-state index contributed by atoms with van der Waals surface area (Å²) >= 11 is 0. The van der Waals surface area contributed by atoms with Gasteiger partial charge in [-0.3, -0.25) is 14.8 Å². The lowest BCUT2D eigenvalue weighted by Crippen LogP contribution is -2.48. The Hall–Kier alpha value is -2.14. The Labute approximate surface area is 149 Å². The summed E-state index contributed by atoms with van der Waals surface area (Å²) in [7, 11) is 0. The number of amides is 1. The number of hydrogen-bond acceptors (Lipinski definition) is 3. The zero-order valence-corrected chi connectivity index (χ0v) is 14.6. The molecule has 2 fully saturated rings. The molecule has 2 aromatic rings. The van der Waals surface area contributed by atoms with E-state index in [-0.39, 0.29) is 6.04 Å². The van der Waals surface area contributed by atoms with Gasteiger partial charge in [0.1, 0.15) is 0 Å². The molecule has 1 amide bonds. The summed E-state index contributed by atoms with van der Waals surface area (Å²) in [5.41, 5.74) is 2.50. The van der Waals surface area contributed by atoms with Crippen LogP contribution in [0.4, 0.5) is 0 Å². The maximum absolute atomic E-state index is 13.1. The molecule has 0 saturated carbocycles. The van der Waals surface area contributed by atoms with Crippen LogP contribution in [0.15, 0.2) is 42.6 Å². The number of likely N-dealkylation sites (tertiary alicyclic amines) is 2. The number of piperidine rings is 1. The Morgan fingerprint density at radius 1 is 1.08 bits per heavy atom. The third-order valence-corrected chi connectivity index (χ3v) is 5.65. The van der Waals surface area contributed by atoms with E-state index in [9.17, 15) is 4.79 Å². The van der Waals surface area contributed by atoms with Crippen LogP contribution in [0.3, 0.4) is 0 Å². The van der Waals surface area contributed by atoms with Crippen LogP contribution in [0.25, 0.3) is 0 Å². The number of carbonyl (C=O) groups excluding carboxylic acids is 1. The van der Waals surface area contributed by atoms with E-state index in [1.807, 2.05) is 12.3 Å². The van der Waals surface area contributed by atoms with E-state index >= 15 is 0 Å². The summed E-state index contributed by atoms with van der Waals surface area (Å²) in [4.78, 5) is 17.5. The highest BCUT2D eigenvalue weighted by Crippen LogP contribution is 2.28. The summed E-state index contributed by atoms with van der Waals surface area (Å²) in [5, 5.41) is 7.13. The second-order valence-electron chi connectivity index (χ2n) is 7.23. The van der Waals surface area contributed by atoms with Crippen LogP contribution in [0.5, 0.6) is 0 Å². The minimum atomic E-state index is 0.0592. The van der Waals surface area contributed by atoms with Crippen LogP contribution in [-0.2, 0) is 11.3 Å². The number of H-pyrrole nitrogens is 1. The number of hydrogen-bond donors (Lipinski definition) is 1. The van der Waals surface area contributed by atoms with E-state index in [4.69, 9.17) is 0 Å². The lowest BCUT2D eigenvalue weighted by atomic mass is 9.93. The van der Waals surface area contributed by atoms with Gasteiger partial charge in [0.2, 0.25) is 5.91 Å². The molecule has 1 aromatic heterocycles. The maximum atomic E-state index is 13.1. The Morgan fingerprint density at radius 3 is 2.60 bits per heavy atom. The van der Waals surface area contributed by atoms with E-state index < -0.39 is 0 Å². The van der Waals surface area contributed by atoms with E-state index in [0.29, 0.717) is 11.8 Å². The van der Waals surface area contributed by atoms with Crippen molar-refractivity contribution < 1.29 is 4.79 Å². The second-order valence-corrected chi connectivity index (χ2v) is 7.23. The topological polar surface area (TPSA) is 52.2 Å². The predicted molar refractivity (Wildman–Crippen MR) is 97.0 cm³/mol. The minimum absolute atomic E-state index is 0.0592. The first-order valence-corrected chi connectivity index (χ1v) is 9.37. The molecule has 4 rings (SSSR count). The molecule has 2 aliphatic rings. The number of aromatic amines is 1. The van der Waals surface area contributed by atoms with Crippen molar-refractivity contribution in [3.05, 3.63) is 53.9 Å². The van der Waals surface area contributed by atoms with Crippen molar-refractivity contribution in [3.8, 4) is 0 Å². The van der Waals surface area contributed by atoms with E-state index in [2.05, 4.69) is 50.3 Å². The van der Waals surface area contributed by atoms with Crippen LogP contribution in [0.2, 0.25) is 0 Å². The highest BCUT2D eigenvalue weighted by atomic mass is 16.2. The fourth-order valence-corrected chi connectivity index (χ4v) is 4.23. The number of nitrogens with one attached hydrogen (secondary N) is 1. The van der Waals surface area contributed by atoms with Crippen molar-refractivity contribution in [2.45, 2.75) is 44.2 Å². The summed E-state index contributed by atoms with van der Waals surface area (Å²) < 4.78 is 0. The summed E-state index contributed by atoms with van der Waals surface area (Å²) in [5.74, 6) is 0.840. The van der Waals surface area contributed by atoms with E-state index in [1.165, 1.54) is 11.3 Å². The average molecular weight is 338 g/mol. The van der Waals surface area contributed by atoms with Crippen molar-refractivity contribution in [2.24, 2.45) is 0 Å². The SMILES string of the molecule is O=C([C@@H]1CCCN1Cc1ccccc1)N1CCC(c2ccn[nH]2)CC1. The first kappa shape index (κ1) is 16.3. The zero-order valence-electron chi connectivity index (χ0n) is 14.6. The molecule has 25 heavy (non-hydrogen) atoms. The van der Waals surface area contributed by atoms with Crippen LogP contribution in [0.1, 0.15) is 42.9 Å². The zero-order chi connectivity index (χ0) is 17.1. The molecule has 2 saturated heterocycles. The molecular weight excluding hydrogens is 312 g/mol. The molecule has 132 valence electrons. The maximum Gasteiger partial charge on any atom is 0.239 e. The van der Waals surface area contributed by atoms with E-state index in [1.54, 1.807) is 0 Å². The summed E-state index contributed by atoms with van der Waals surface area (Å²) in [6.45, 7) is 3.62. The van der Waals surface area contributed by atoms with Crippen molar-refractivity contribution in [2.75, 3.05) is 19.6 Å². The fraction of sp³-hybridized carbons (Fsp3) is 0.500. The standard InChI is InChI=1S/C20H26N4O/c25-20(23-13-9-17(10-14-23)18-8-11-21-22-18)19-7-4-12-24(19)15-16-5-2-1-3-6-16/h1-3,5-6,8,11,17,19H,4,7,9-10,12-15H2,(H,21,22)/t19-/m0/s1. The van der Waals surface area contributed by atoms with E-state index in [0.717, 1.165) is 51.9 Å². The molecule has 0 spiro atoms. The molecule has 5 nitrogen and oxygen atoms in total. The Kier molecular flexibility index (Phi) is 4.83. The van der Waals surface area contributed by atoms with Crippen LogP contribution in [0, 0.1) is 0 Å². The van der Waals surface area contributed by atoms with Gasteiger partial charge in [0.15, 0.2) is 0 Å². The van der Waals surface area contributed by atoms with Gasteiger partial charge in [-0.15, -0.1) is 0 Å². The van der Waals surface area contributed by atoms with Gasteiger partial charge in [0, 0.05) is 37.4 Å². The predicted octanol–water partition coefficient (Wildman–Crippen LogP) is 2.78. The first-order chi connectivity index (χ1) is 12.3. The molecule has 0 bridgehead atoms. The fourth-order valence-electron chi connectivity index (χ4n) is 4.23. The molecular formula is C20H26N4O. The quantitative estimate of drug-likeness (QED) is 0.933. The molecule has 1 aromatic carbocycles. The first-order valence-electron chi connectivity index (χ1n) is 9.37. The van der Waals surface area contributed by atoms with Crippen molar-refractivity contribution in [3.63, 3.8) is 0 Å². The highest BCUT2D eigenvalue weighted by molar-refractivity contribution is 5.82. The summed E-state index contributed by atoms with van der Waals surface area (Å²) in [6.07, 6.45) is 5.98. The number of aromatic nitrogens is 2. The summed E-state index contributed by atoms with van der Waals surface area (Å²) in [6, 6.07) is 12.6. The molecule has 0 unspecified atom stereocenters. The van der Waals surface area contributed by atoms with Crippen LogP contribution < -0.4 is 0 Å². The highest BCUT2D eigenvalue weighted by Gasteiger charge is 2.35. The van der Waals surface area contributed by atoms with Crippen LogP contribution >= 0.6 is 0 Å². The van der Waals surface area contributed by atoms with Gasteiger partial charge in [-0.2, -0.15) is 5.10 Å². The number of benzene rings is 1. The van der Waals surface area contributed by atoms with Gasteiger partial charge in [-0.25, -0.2) is 0 Å². The molecule has 3 heterocycles. The third-order valence-electron chi connectivity index (χ3n) is 5.65. The molecule has 0 aliphatic carbocycles. The monoisotopic (exact) mass is 338 g/mol. The third kappa shape index (κ3) is 3.61. The van der Waals surface area contributed by atoms with Crippen LogP contribution in [-0.4, -0.2) is 51.6 Å². The second kappa shape index (κ2) is 7.40. The Morgan fingerprint density at radius 2 is 1.88 bits per heavy atom. The largest absolute Gasteiger partial charge is 0.341 e. The minimum Gasteiger partial charge on any atom is -0.341 e. The van der Waals surface area contributed by atoms with Gasteiger partial charge in [-0.05, 0) is 43.9 Å².